The van der Waals surface area contributed by atoms with Crippen molar-refractivity contribution >= 4 is 34.8 Å². The van der Waals surface area contributed by atoms with E-state index in [1.54, 1.807) is 24.3 Å². The molecule has 1 atom stereocenters. The molecule has 0 aliphatic carbocycles. The minimum Gasteiger partial charge on any atom is -0.380 e. The summed E-state index contributed by atoms with van der Waals surface area (Å²) in [6.45, 7) is 3.63. The summed E-state index contributed by atoms with van der Waals surface area (Å²) in [4.78, 5) is 0. The standard InChI is InChI=1S/C11H13Cl3O/c1-8(2)10(15,11(12,13)14)9-6-4-3-5-7-9/h3-8,15H,1-2H3. The van der Waals surface area contributed by atoms with Crippen LogP contribution < -0.4 is 0 Å². The van der Waals surface area contributed by atoms with Crippen molar-refractivity contribution in [3.05, 3.63) is 35.9 Å². The van der Waals surface area contributed by atoms with Crippen molar-refractivity contribution in [3.8, 4) is 0 Å². The summed E-state index contributed by atoms with van der Waals surface area (Å²) in [5, 5.41) is 10.5. The van der Waals surface area contributed by atoms with E-state index < -0.39 is 9.39 Å². The van der Waals surface area contributed by atoms with Crippen LogP contribution in [0.25, 0.3) is 0 Å². The number of hydrogen-bond donors (Lipinski definition) is 1. The molecule has 1 aromatic carbocycles. The Balaban J connectivity index is 3.26. The summed E-state index contributed by atoms with van der Waals surface area (Å²) in [7, 11) is 0. The van der Waals surface area contributed by atoms with E-state index >= 15 is 0 Å². The zero-order valence-corrected chi connectivity index (χ0v) is 10.8. The minimum absolute atomic E-state index is 0.201. The van der Waals surface area contributed by atoms with E-state index in [2.05, 4.69) is 0 Å². The molecule has 15 heavy (non-hydrogen) atoms. The fourth-order valence-electron chi connectivity index (χ4n) is 1.52. The Morgan fingerprint density at radius 3 is 1.87 bits per heavy atom. The van der Waals surface area contributed by atoms with Crippen molar-refractivity contribution < 1.29 is 5.11 Å². The van der Waals surface area contributed by atoms with Crippen LogP contribution in [-0.4, -0.2) is 8.90 Å². The maximum atomic E-state index is 10.5. The first-order valence-electron chi connectivity index (χ1n) is 4.64. The van der Waals surface area contributed by atoms with Crippen molar-refractivity contribution in [1.82, 2.24) is 0 Å². The lowest BCUT2D eigenvalue weighted by molar-refractivity contribution is -0.00661. The molecule has 0 radical (unpaired) electrons. The normalized spacial score (nSPS) is 16.5. The van der Waals surface area contributed by atoms with Gasteiger partial charge in [-0.25, -0.2) is 0 Å². The highest BCUT2D eigenvalue weighted by molar-refractivity contribution is 6.68. The molecule has 0 spiro atoms. The van der Waals surface area contributed by atoms with Crippen molar-refractivity contribution in [3.63, 3.8) is 0 Å². The molecule has 0 saturated carbocycles. The maximum absolute atomic E-state index is 10.5. The Morgan fingerprint density at radius 1 is 1.07 bits per heavy atom. The van der Waals surface area contributed by atoms with Gasteiger partial charge in [-0.3, -0.25) is 0 Å². The van der Waals surface area contributed by atoms with Crippen LogP contribution in [0.4, 0.5) is 0 Å². The van der Waals surface area contributed by atoms with Gasteiger partial charge in [-0.2, -0.15) is 0 Å². The Morgan fingerprint density at radius 2 is 1.53 bits per heavy atom. The molecule has 1 N–H and O–H groups in total. The third-order valence-electron chi connectivity index (χ3n) is 2.48. The van der Waals surface area contributed by atoms with Crippen LogP contribution in [0.15, 0.2) is 30.3 Å². The molecule has 0 aliphatic heterocycles. The van der Waals surface area contributed by atoms with Gasteiger partial charge in [0.25, 0.3) is 0 Å². The molecule has 0 saturated heterocycles. The lowest BCUT2D eigenvalue weighted by atomic mass is 9.84. The predicted molar refractivity (Wildman–Crippen MR) is 65.5 cm³/mol. The van der Waals surface area contributed by atoms with E-state index in [1.165, 1.54) is 0 Å². The maximum Gasteiger partial charge on any atom is 0.223 e. The van der Waals surface area contributed by atoms with Crippen LogP contribution in [0.3, 0.4) is 0 Å². The Bertz CT molecular complexity index is 318. The summed E-state index contributed by atoms with van der Waals surface area (Å²) in [5.41, 5.74) is -0.862. The molecular formula is C11H13Cl3O. The molecule has 1 unspecified atom stereocenters. The van der Waals surface area contributed by atoms with E-state index in [0.29, 0.717) is 5.56 Å². The third kappa shape index (κ3) is 2.42. The lowest BCUT2D eigenvalue weighted by Gasteiger charge is -2.38. The van der Waals surface area contributed by atoms with Crippen molar-refractivity contribution in [1.29, 1.82) is 0 Å². The first-order valence-corrected chi connectivity index (χ1v) is 5.78. The Hall–Kier alpha value is 0.0500. The topological polar surface area (TPSA) is 20.2 Å². The predicted octanol–water partition coefficient (Wildman–Crippen LogP) is 3.90. The number of alkyl halides is 3. The van der Waals surface area contributed by atoms with Gasteiger partial charge >= 0.3 is 0 Å². The SMILES string of the molecule is CC(C)C(O)(c1ccccc1)C(Cl)(Cl)Cl. The Kier molecular flexibility index (Phi) is 3.94. The molecule has 1 aromatic rings. The highest BCUT2D eigenvalue weighted by Crippen LogP contribution is 2.49. The molecule has 1 rings (SSSR count). The smallest absolute Gasteiger partial charge is 0.223 e. The third-order valence-corrected chi connectivity index (χ3v) is 3.35. The van der Waals surface area contributed by atoms with Crippen molar-refractivity contribution in [2.45, 2.75) is 23.2 Å². The number of hydrogen-bond acceptors (Lipinski definition) is 1. The van der Waals surface area contributed by atoms with Gasteiger partial charge in [-0.05, 0) is 11.5 Å². The zero-order chi connectivity index (χ0) is 11.7. The van der Waals surface area contributed by atoms with Crippen molar-refractivity contribution in [2.75, 3.05) is 0 Å². The van der Waals surface area contributed by atoms with Gasteiger partial charge in [0.2, 0.25) is 3.79 Å². The molecular weight excluding hydrogens is 254 g/mol. The average molecular weight is 268 g/mol. The highest BCUT2D eigenvalue weighted by atomic mass is 35.6. The van der Waals surface area contributed by atoms with Gasteiger partial charge in [0, 0.05) is 0 Å². The lowest BCUT2D eigenvalue weighted by Crippen LogP contribution is -2.44. The summed E-state index contributed by atoms with van der Waals surface area (Å²) in [5.74, 6) is -0.201. The van der Waals surface area contributed by atoms with Crippen LogP contribution in [-0.2, 0) is 5.60 Å². The zero-order valence-electron chi connectivity index (χ0n) is 8.55. The molecule has 0 amide bonds. The summed E-state index contributed by atoms with van der Waals surface area (Å²) >= 11 is 17.6. The molecule has 4 heteroatoms. The van der Waals surface area contributed by atoms with E-state index in [1.807, 2.05) is 19.9 Å². The molecule has 0 bridgehead atoms. The highest BCUT2D eigenvalue weighted by Gasteiger charge is 2.50. The van der Waals surface area contributed by atoms with Gasteiger partial charge in [0.1, 0.15) is 5.60 Å². The number of halogens is 3. The number of aliphatic hydroxyl groups is 1. The fraction of sp³-hybridized carbons (Fsp3) is 0.455. The van der Waals surface area contributed by atoms with E-state index in [-0.39, 0.29) is 5.92 Å². The summed E-state index contributed by atoms with van der Waals surface area (Å²) < 4.78 is -1.75. The molecule has 0 aromatic heterocycles. The van der Waals surface area contributed by atoms with Gasteiger partial charge in [-0.15, -0.1) is 0 Å². The van der Waals surface area contributed by atoms with Crippen LogP contribution in [0.2, 0.25) is 0 Å². The van der Waals surface area contributed by atoms with Crippen LogP contribution >= 0.6 is 34.8 Å². The molecule has 0 aliphatic rings. The van der Waals surface area contributed by atoms with Crippen molar-refractivity contribution in [2.24, 2.45) is 5.92 Å². The molecule has 84 valence electrons. The van der Waals surface area contributed by atoms with E-state index in [9.17, 15) is 5.11 Å². The van der Waals surface area contributed by atoms with Crippen LogP contribution in [0.5, 0.6) is 0 Å². The molecule has 1 nitrogen and oxygen atoms in total. The van der Waals surface area contributed by atoms with Crippen LogP contribution in [0, 0.1) is 5.92 Å². The second-order valence-electron chi connectivity index (χ2n) is 3.78. The first-order chi connectivity index (χ1) is 6.80. The quantitative estimate of drug-likeness (QED) is 0.806. The number of benzene rings is 1. The largest absolute Gasteiger partial charge is 0.380 e. The van der Waals surface area contributed by atoms with E-state index in [0.717, 1.165) is 0 Å². The minimum atomic E-state index is -1.75. The van der Waals surface area contributed by atoms with Gasteiger partial charge in [-0.1, -0.05) is 79.0 Å². The Labute approximate surface area is 105 Å². The average Bonchev–Trinajstić information content (AvgIpc) is 2.16. The van der Waals surface area contributed by atoms with Gasteiger partial charge in [0.05, 0.1) is 0 Å². The van der Waals surface area contributed by atoms with E-state index in [4.69, 9.17) is 34.8 Å². The monoisotopic (exact) mass is 266 g/mol. The van der Waals surface area contributed by atoms with Gasteiger partial charge in [0.15, 0.2) is 0 Å². The first kappa shape index (κ1) is 13.1. The fourth-order valence-corrected chi connectivity index (χ4v) is 2.50. The summed E-state index contributed by atoms with van der Waals surface area (Å²) in [6.07, 6.45) is 0. The van der Waals surface area contributed by atoms with Gasteiger partial charge < -0.3 is 5.11 Å². The second kappa shape index (κ2) is 4.50. The molecule has 0 fully saturated rings. The van der Waals surface area contributed by atoms with Crippen LogP contribution in [0.1, 0.15) is 19.4 Å². The summed E-state index contributed by atoms with van der Waals surface area (Å²) in [6, 6.07) is 8.96. The second-order valence-corrected chi connectivity index (χ2v) is 6.07. The molecule has 0 heterocycles. The number of rotatable bonds is 2.